The van der Waals surface area contributed by atoms with E-state index >= 15 is 0 Å². The molecule has 0 saturated carbocycles. The summed E-state index contributed by atoms with van der Waals surface area (Å²) in [6.45, 7) is 1.54. The van der Waals surface area contributed by atoms with E-state index in [-0.39, 0.29) is 32.0 Å². The topological polar surface area (TPSA) is 64.0 Å². The van der Waals surface area contributed by atoms with Gasteiger partial charge in [-0.3, -0.25) is 14.2 Å². The number of para-hydroxylation sites is 2. The lowest BCUT2D eigenvalue weighted by molar-refractivity contribution is -0.137. The molecule has 1 atom stereocenters. The van der Waals surface area contributed by atoms with Crippen molar-refractivity contribution < 1.29 is 18.0 Å². The predicted molar refractivity (Wildman–Crippen MR) is 133 cm³/mol. The van der Waals surface area contributed by atoms with Gasteiger partial charge in [0.2, 0.25) is 5.91 Å². The largest absolute Gasteiger partial charge is 0.418 e. The van der Waals surface area contributed by atoms with Crippen molar-refractivity contribution in [2.45, 2.75) is 23.5 Å². The minimum Gasteiger partial charge on any atom is -0.324 e. The van der Waals surface area contributed by atoms with Crippen LogP contribution in [0.15, 0.2) is 76.7 Å². The Morgan fingerprint density at radius 3 is 2.46 bits per heavy atom. The number of amides is 1. The van der Waals surface area contributed by atoms with Crippen LogP contribution in [0.4, 0.5) is 18.9 Å². The van der Waals surface area contributed by atoms with Crippen LogP contribution in [0.3, 0.4) is 0 Å². The second-order valence-electron chi connectivity index (χ2n) is 7.42. The highest BCUT2D eigenvalue weighted by atomic mass is 35.5. The van der Waals surface area contributed by atoms with Crippen LogP contribution in [-0.4, -0.2) is 20.7 Å². The predicted octanol–water partition coefficient (Wildman–Crippen LogP) is 6.83. The van der Waals surface area contributed by atoms with Crippen LogP contribution in [0.1, 0.15) is 12.5 Å². The van der Waals surface area contributed by atoms with Crippen molar-refractivity contribution in [1.82, 2.24) is 9.55 Å². The first kappa shape index (κ1) is 25.1. The molecule has 0 spiro atoms. The number of hydrogen-bond acceptors (Lipinski definition) is 4. The summed E-state index contributed by atoms with van der Waals surface area (Å²) in [6.07, 6.45) is -4.71. The summed E-state index contributed by atoms with van der Waals surface area (Å²) in [5.74, 6) is -0.503. The molecule has 0 saturated heterocycles. The highest BCUT2D eigenvalue weighted by Gasteiger charge is 2.35. The second-order valence-corrected chi connectivity index (χ2v) is 9.51. The molecule has 0 bridgehead atoms. The Hall–Kier alpha value is -3.01. The number of alkyl halides is 3. The molecule has 0 aliphatic carbocycles. The SMILES string of the molecule is C[C@@H](Sc1nc2ccccc2c(=O)n1-c1ccccc1C(F)(F)F)C(=O)Nc1cccc(Cl)c1Cl. The standard InChI is InChI=1S/C24H16Cl2F3N3O2S/c1-13(21(33)30-18-11-6-9-16(25)20(18)26)35-23-31-17-10-4-2-7-14(17)22(34)32(23)19-12-5-3-8-15(19)24(27,28)29/h2-13H,1H3,(H,30,33)/t13-/m1/s1. The molecule has 1 N–H and O–H groups in total. The zero-order chi connectivity index (χ0) is 25.3. The molecule has 1 aromatic heterocycles. The fraction of sp³-hybridized carbons (Fsp3) is 0.125. The van der Waals surface area contributed by atoms with Crippen molar-refractivity contribution in [2.75, 3.05) is 5.32 Å². The number of carbonyl (C=O) groups excluding carboxylic acids is 1. The van der Waals surface area contributed by atoms with E-state index < -0.39 is 28.5 Å². The van der Waals surface area contributed by atoms with E-state index in [0.717, 1.165) is 22.4 Å². The summed E-state index contributed by atoms with van der Waals surface area (Å²) in [6, 6.07) is 15.8. The van der Waals surface area contributed by atoms with Crippen molar-refractivity contribution >= 4 is 57.5 Å². The second kappa shape index (κ2) is 9.93. The van der Waals surface area contributed by atoms with Crippen molar-refractivity contribution in [1.29, 1.82) is 0 Å². The Morgan fingerprint density at radius 1 is 1.03 bits per heavy atom. The summed E-state index contributed by atoms with van der Waals surface area (Å²) in [5, 5.41) is 2.27. The van der Waals surface area contributed by atoms with Gasteiger partial charge in [-0.2, -0.15) is 13.2 Å². The van der Waals surface area contributed by atoms with Crippen molar-refractivity contribution in [3.05, 3.63) is 92.7 Å². The van der Waals surface area contributed by atoms with E-state index in [2.05, 4.69) is 10.3 Å². The van der Waals surface area contributed by atoms with Crippen LogP contribution in [-0.2, 0) is 11.0 Å². The molecule has 0 aliphatic heterocycles. The number of thioether (sulfide) groups is 1. The van der Waals surface area contributed by atoms with Crippen LogP contribution in [0, 0.1) is 0 Å². The summed E-state index contributed by atoms with van der Waals surface area (Å²) >= 11 is 13.0. The van der Waals surface area contributed by atoms with Gasteiger partial charge in [0.15, 0.2) is 5.16 Å². The molecule has 1 amide bonds. The van der Waals surface area contributed by atoms with E-state index in [9.17, 15) is 22.8 Å². The molecule has 0 unspecified atom stereocenters. The molecule has 1 heterocycles. The lowest BCUT2D eigenvalue weighted by Crippen LogP contribution is -2.27. The average Bonchev–Trinajstić information content (AvgIpc) is 2.81. The van der Waals surface area contributed by atoms with E-state index in [1.54, 1.807) is 43.3 Å². The van der Waals surface area contributed by atoms with Gasteiger partial charge in [0.05, 0.1) is 43.1 Å². The number of nitrogens with one attached hydrogen (secondary N) is 1. The molecule has 0 fully saturated rings. The molecule has 0 aliphatic rings. The number of fused-ring (bicyclic) bond motifs is 1. The number of hydrogen-bond donors (Lipinski definition) is 1. The van der Waals surface area contributed by atoms with Gasteiger partial charge in [-0.05, 0) is 43.3 Å². The van der Waals surface area contributed by atoms with Gasteiger partial charge in [-0.15, -0.1) is 0 Å². The average molecular weight is 538 g/mol. The third-order valence-corrected chi connectivity index (χ3v) is 6.93. The first-order valence-corrected chi connectivity index (χ1v) is 11.8. The van der Waals surface area contributed by atoms with Gasteiger partial charge in [0, 0.05) is 0 Å². The Labute approximate surface area is 211 Å². The zero-order valence-corrected chi connectivity index (χ0v) is 20.3. The number of halogens is 5. The van der Waals surface area contributed by atoms with Gasteiger partial charge in [-0.25, -0.2) is 4.98 Å². The molecule has 4 rings (SSSR count). The Bertz CT molecular complexity index is 1490. The molecule has 0 radical (unpaired) electrons. The van der Waals surface area contributed by atoms with Crippen molar-refractivity contribution in [2.24, 2.45) is 0 Å². The maximum atomic E-state index is 13.8. The number of nitrogens with zero attached hydrogens (tertiary/aromatic N) is 2. The zero-order valence-electron chi connectivity index (χ0n) is 17.9. The van der Waals surface area contributed by atoms with E-state index in [0.29, 0.717) is 5.52 Å². The third-order valence-electron chi connectivity index (χ3n) is 5.06. The summed E-state index contributed by atoms with van der Waals surface area (Å²) in [5.41, 5.74) is -1.48. The normalized spacial score (nSPS) is 12.5. The molecule has 180 valence electrons. The number of rotatable bonds is 5. The number of benzene rings is 3. The lowest BCUT2D eigenvalue weighted by atomic mass is 10.1. The Balaban J connectivity index is 1.80. The monoisotopic (exact) mass is 537 g/mol. The molecule has 4 aromatic rings. The van der Waals surface area contributed by atoms with Gasteiger partial charge in [0.1, 0.15) is 0 Å². The first-order chi connectivity index (χ1) is 16.6. The van der Waals surface area contributed by atoms with Gasteiger partial charge in [0.25, 0.3) is 5.56 Å². The maximum Gasteiger partial charge on any atom is 0.418 e. The fourth-order valence-corrected chi connectivity index (χ4v) is 4.63. The highest BCUT2D eigenvalue weighted by Crippen LogP contribution is 2.36. The lowest BCUT2D eigenvalue weighted by Gasteiger charge is -2.19. The number of aromatic nitrogens is 2. The quantitative estimate of drug-likeness (QED) is 0.224. The molecular weight excluding hydrogens is 522 g/mol. The summed E-state index contributed by atoms with van der Waals surface area (Å²) in [4.78, 5) is 30.7. The molecule has 5 nitrogen and oxygen atoms in total. The van der Waals surface area contributed by atoms with Crippen LogP contribution >= 0.6 is 35.0 Å². The Morgan fingerprint density at radius 2 is 1.71 bits per heavy atom. The number of anilines is 1. The van der Waals surface area contributed by atoms with E-state index in [1.807, 2.05) is 0 Å². The molecule has 3 aromatic carbocycles. The molecular formula is C24H16Cl2F3N3O2S. The van der Waals surface area contributed by atoms with Crippen LogP contribution in [0.25, 0.3) is 16.6 Å². The van der Waals surface area contributed by atoms with E-state index in [1.165, 1.54) is 24.3 Å². The van der Waals surface area contributed by atoms with Gasteiger partial charge < -0.3 is 5.32 Å². The van der Waals surface area contributed by atoms with Crippen LogP contribution in [0.2, 0.25) is 10.0 Å². The molecule has 11 heteroatoms. The van der Waals surface area contributed by atoms with E-state index in [4.69, 9.17) is 23.2 Å². The van der Waals surface area contributed by atoms with Gasteiger partial charge >= 0.3 is 6.18 Å². The first-order valence-electron chi connectivity index (χ1n) is 10.2. The fourth-order valence-electron chi connectivity index (χ4n) is 3.36. The molecule has 35 heavy (non-hydrogen) atoms. The third kappa shape index (κ3) is 5.17. The van der Waals surface area contributed by atoms with Crippen LogP contribution in [0.5, 0.6) is 0 Å². The van der Waals surface area contributed by atoms with Crippen molar-refractivity contribution in [3.63, 3.8) is 0 Å². The minimum atomic E-state index is -4.71. The highest BCUT2D eigenvalue weighted by molar-refractivity contribution is 8.00. The van der Waals surface area contributed by atoms with Crippen molar-refractivity contribution in [3.8, 4) is 5.69 Å². The smallest absolute Gasteiger partial charge is 0.324 e. The maximum absolute atomic E-state index is 13.8. The number of carbonyl (C=O) groups is 1. The van der Waals surface area contributed by atoms with Gasteiger partial charge in [-0.1, -0.05) is 65.3 Å². The Kier molecular flexibility index (Phi) is 7.12. The van der Waals surface area contributed by atoms with Crippen LogP contribution < -0.4 is 10.9 Å². The minimum absolute atomic E-state index is 0.0646. The summed E-state index contributed by atoms with van der Waals surface area (Å²) in [7, 11) is 0. The summed E-state index contributed by atoms with van der Waals surface area (Å²) < 4.78 is 42.2.